The third-order valence-corrected chi connectivity index (χ3v) is 1.67. The van der Waals surface area contributed by atoms with E-state index in [1.165, 1.54) is 17.2 Å². The summed E-state index contributed by atoms with van der Waals surface area (Å²) in [7, 11) is 0. The molecule has 0 atom stereocenters. The van der Waals surface area contributed by atoms with E-state index in [4.69, 9.17) is 16.8 Å². The van der Waals surface area contributed by atoms with Crippen molar-refractivity contribution in [1.82, 2.24) is 24.7 Å². The number of rotatable bonds is 1. The van der Waals surface area contributed by atoms with Crippen LogP contribution in [-0.2, 0) is 0 Å². The molecule has 0 unspecified atom stereocenters. The fourth-order valence-corrected chi connectivity index (χ4v) is 0.992. The van der Waals surface area contributed by atoms with E-state index < -0.39 is 0 Å². The van der Waals surface area contributed by atoms with Gasteiger partial charge in [0.15, 0.2) is 0 Å². The number of nitrogens with two attached hydrogens (primary N) is 2. The van der Waals surface area contributed by atoms with E-state index in [0.29, 0.717) is 0 Å². The number of nitriles is 1. The van der Waals surface area contributed by atoms with Crippen LogP contribution in [0.3, 0.4) is 0 Å². The normalized spacial score (nSPS) is 9.93. The monoisotopic (exact) mass is 190 g/mol. The van der Waals surface area contributed by atoms with Crippen LogP contribution in [0.1, 0.15) is 5.56 Å². The first-order valence-electron chi connectivity index (χ1n) is 3.63. The van der Waals surface area contributed by atoms with Crippen LogP contribution in [0.2, 0.25) is 0 Å². The second-order valence-corrected chi connectivity index (χ2v) is 2.51. The predicted octanol–water partition coefficient (Wildman–Crippen LogP) is -1.37. The Morgan fingerprint density at radius 3 is 2.79 bits per heavy atom. The first-order valence-corrected chi connectivity index (χ1v) is 3.63. The largest absolute Gasteiger partial charge is 0.382 e. The van der Waals surface area contributed by atoms with Gasteiger partial charge in [-0.25, -0.2) is 4.68 Å². The Morgan fingerprint density at radius 1 is 1.50 bits per heavy atom. The Bertz CT molecular complexity index is 500. The van der Waals surface area contributed by atoms with Crippen molar-refractivity contribution in [3.8, 4) is 12.0 Å². The molecule has 8 heteroatoms. The fraction of sp³-hybridized carbons (Fsp3) is 0. The Labute approximate surface area is 78.3 Å². The maximum Gasteiger partial charge on any atom is 0.272 e. The molecule has 2 aromatic rings. The van der Waals surface area contributed by atoms with Crippen LogP contribution < -0.4 is 11.6 Å². The summed E-state index contributed by atoms with van der Waals surface area (Å²) in [4.78, 5) is 0. The van der Waals surface area contributed by atoms with Crippen molar-refractivity contribution in [2.75, 3.05) is 11.6 Å². The van der Waals surface area contributed by atoms with Crippen LogP contribution in [0.25, 0.3) is 5.95 Å². The van der Waals surface area contributed by atoms with Gasteiger partial charge in [-0.2, -0.15) is 15.0 Å². The molecular formula is C6H6N8. The SMILES string of the molecule is N#Cc1cnn(-c2nncn2N)c1N. The van der Waals surface area contributed by atoms with Crippen molar-refractivity contribution in [1.29, 1.82) is 5.26 Å². The summed E-state index contributed by atoms with van der Waals surface area (Å²) in [5, 5.41) is 19.8. The number of nitrogen functional groups attached to an aromatic ring is 2. The lowest BCUT2D eigenvalue weighted by atomic mass is 10.4. The minimum atomic E-state index is 0.187. The maximum atomic E-state index is 8.64. The van der Waals surface area contributed by atoms with E-state index in [1.807, 2.05) is 6.07 Å². The molecule has 0 saturated heterocycles. The molecule has 4 N–H and O–H groups in total. The van der Waals surface area contributed by atoms with E-state index in [1.54, 1.807) is 0 Å². The molecule has 0 amide bonds. The minimum absolute atomic E-state index is 0.187. The second-order valence-electron chi connectivity index (χ2n) is 2.51. The van der Waals surface area contributed by atoms with Gasteiger partial charge in [0.05, 0.1) is 6.20 Å². The number of hydrogen-bond donors (Lipinski definition) is 2. The van der Waals surface area contributed by atoms with E-state index in [9.17, 15) is 0 Å². The molecule has 70 valence electrons. The fourth-order valence-electron chi connectivity index (χ4n) is 0.992. The standard InChI is InChI=1S/C6H6N8/c7-1-4-2-11-14(5(4)8)6-12-10-3-13(6)9/h2-3H,8-9H2. The highest BCUT2D eigenvalue weighted by molar-refractivity contribution is 5.50. The molecule has 0 aliphatic carbocycles. The van der Waals surface area contributed by atoms with Gasteiger partial charge in [0.2, 0.25) is 0 Å². The van der Waals surface area contributed by atoms with Gasteiger partial charge in [-0.1, -0.05) is 0 Å². The molecule has 2 heterocycles. The van der Waals surface area contributed by atoms with Gasteiger partial charge in [0, 0.05) is 0 Å². The van der Waals surface area contributed by atoms with Gasteiger partial charge < -0.3 is 11.6 Å². The van der Waals surface area contributed by atoms with Crippen LogP contribution in [-0.4, -0.2) is 24.7 Å². The van der Waals surface area contributed by atoms with Gasteiger partial charge in [-0.05, 0) is 0 Å². The van der Waals surface area contributed by atoms with Crippen LogP contribution in [0.4, 0.5) is 5.82 Å². The molecule has 0 radical (unpaired) electrons. The summed E-state index contributed by atoms with van der Waals surface area (Å²) in [6.45, 7) is 0. The summed E-state index contributed by atoms with van der Waals surface area (Å²) in [5.74, 6) is 5.93. The van der Waals surface area contributed by atoms with E-state index in [0.717, 1.165) is 4.68 Å². The lowest BCUT2D eigenvalue weighted by molar-refractivity contribution is 0.779. The van der Waals surface area contributed by atoms with Crippen molar-refractivity contribution < 1.29 is 0 Å². The Hall–Kier alpha value is -2.56. The van der Waals surface area contributed by atoms with E-state index >= 15 is 0 Å². The van der Waals surface area contributed by atoms with Crippen molar-refractivity contribution in [2.24, 2.45) is 0 Å². The van der Waals surface area contributed by atoms with Crippen molar-refractivity contribution >= 4 is 5.82 Å². The quantitative estimate of drug-likeness (QED) is 0.534. The van der Waals surface area contributed by atoms with Gasteiger partial charge in [0.1, 0.15) is 23.8 Å². The average molecular weight is 190 g/mol. The minimum Gasteiger partial charge on any atom is -0.382 e. The number of anilines is 1. The van der Waals surface area contributed by atoms with E-state index in [-0.39, 0.29) is 17.3 Å². The topological polar surface area (TPSA) is 124 Å². The molecule has 0 spiro atoms. The first kappa shape index (κ1) is 8.06. The Balaban J connectivity index is 2.59. The Morgan fingerprint density at radius 2 is 2.29 bits per heavy atom. The van der Waals surface area contributed by atoms with Crippen molar-refractivity contribution in [2.45, 2.75) is 0 Å². The highest BCUT2D eigenvalue weighted by atomic mass is 15.5. The zero-order valence-electron chi connectivity index (χ0n) is 6.99. The molecule has 0 fully saturated rings. The van der Waals surface area contributed by atoms with Crippen LogP contribution in [0.5, 0.6) is 0 Å². The molecular weight excluding hydrogens is 184 g/mol. The molecule has 0 saturated carbocycles. The van der Waals surface area contributed by atoms with Crippen LogP contribution in [0, 0.1) is 11.3 Å². The van der Waals surface area contributed by atoms with Gasteiger partial charge >= 0.3 is 0 Å². The summed E-state index contributed by atoms with van der Waals surface area (Å²) in [6, 6.07) is 1.89. The smallest absolute Gasteiger partial charge is 0.272 e. The van der Waals surface area contributed by atoms with Crippen molar-refractivity contribution in [3.05, 3.63) is 18.1 Å². The third kappa shape index (κ3) is 0.962. The summed E-state index contributed by atoms with van der Waals surface area (Å²) >= 11 is 0. The molecule has 0 aliphatic heterocycles. The lowest BCUT2D eigenvalue weighted by Crippen LogP contribution is -2.15. The summed E-state index contributed by atoms with van der Waals surface area (Å²) in [6.07, 6.45) is 2.65. The molecule has 2 aromatic heterocycles. The molecule has 0 bridgehead atoms. The maximum absolute atomic E-state index is 8.64. The number of hydrogen-bond acceptors (Lipinski definition) is 6. The summed E-state index contributed by atoms with van der Waals surface area (Å²) in [5.41, 5.74) is 5.89. The number of nitrogens with zero attached hydrogens (tertiary/aromatic N) is 6. The lowest BCUT2D eigenvalue weighted by Gasteiger charge is -2.00. The summed E-state index contributed by atoms with van der Waals surface area (Å²) < 4.78 is 2.40. The molecule has 0 aliphatic rings. The molecule has 14 heavy (non-hydrogen) atoms. The number of aromatic nitrogens is 5. The molecule has 2 rings (SSSR count). The second kappa shape index (κ2) is 2.74. The predicted molar refractivity (Wildman–Crippen MR) is 46.4 cm³/mol. The van der Waals surface area contributed by atoms with Crippen LogP contribution in [0.15, 0.2) is 12.5 Å². The van der Waals surface area contributed by atoms with E-state index in [2.05, 4.69) is 15.3 Å². The van der Waals surface area contributed by atoms with Crippen LogP contribution >= 0.6 is 0 Å². The average Bonchev–Trinajstić information content (AvgIpc) is 2.72. The van der Waals surface area contributed by atoms with Gasteiger partial charge in [-0.3, -0.25) is 0 Å². The van der Waals surface area contributed by atoms with Gasteiger partial charge in [-0.15, -0.1) is 10.2 Å². The highest BCUT2D eigenvalue weighted by Crippen LogP contribution is 2.12. The first-order chi connectivity index (χ1) is 6.74. The third-order valence-electron chi connectivity index (χ3n) is 1.67. The van der Waals surface area contributed by atoms with Gasteiger partial charge in [0.25, 0.3) is 5.95 Å². The Kier molecular flexibility index (Phi) is 1.57. The van der Waals surface area contributed by atoms with Crippen molar-refractivity contribution in [3.63, 3.8) is 0 Å². The molecule has 8 nitrogen and oxygen atoms in total. The molecule has 0 aromatic carbocycles. The zero-order chi connectivity index (χ0) is 10.1. The zero-order valence-corrected chi connectivity index (χ0v) is 6.99. The highest BCUT2D eigenvalue weighted by Gasteiger charge is 2.12.